The van der Waals surface area contributed by atoms with E-state index in [9.17, 15) is 9.59 Å². The van der Waals surface area contributed by atoms with Crippen molar-refractivity contribution in [2.45, 2.75) is 64.5 Å². The van der Waals surface area contributed by atoms with Gasteiger partial charge >= 0.3 is 11.9 Å². The first kappa shape index (κ1) is 16.0. The average molecular weight is 271 g/mol. The molecule has 110 valence electrons. The minimum Gasteiger partial charge on any atom is -0.481 e. The first-order valence-electron chi connectivity index (χ1n) is 6.80. The first-order valence-corrected chi connectivity index (χ1v) is 6.80. The van der Waals surface area contributed by atoms with Crippen molar-refractivity contribution in [1.29, 1.82) is 0 Å². The largest absolute Gasteiger partial charge is 0.481 e. The highest BCUT2D eigenvalue weighted by Crippen LogP contribution is 2.37. The van der Waals surface area contributed by atoms with Crippen LogP contribution in [0.5, 0.6) is 0 Å². The Morgan fingerprint density at radius 2 is 1.68 bits per heavy atom. The van der Waals surface area contributed by atoms with E-state index in [0.717, 1.165) is 12.8 Å². The van der Waals surface area contributed by atoms with Gasteiger partial charge in [0.05, 0.1) is 0 Å². The summed E-state index contributed by atoms with van der Waals surface area (Å²) < 4.78 is 4.98. The van der Waals surface area contributed by atoms with Gasteiger partial charge in [-0.2, -0.15) is 0 Å². The lowest BCUT2D eigenvalue weighted by Crippen LogP contribution is -2.59. The second kappa shape index (κ2) is 5.90. The molecule has 0 aromatic heterocycles. The minimum absolute atomic E-state index is 0.0843. The molecule has 0 aliphatic carbocycles. The van der Waals surface area contributed by atoms with Gasteiger partial charge in [-0.25, -0.2) is 0 Å². The van der Waals surface area contributed by atoms with Gasteiger partial charge in [0.15, 0.2) is 0 Å². The summed E-state index contributed by atoms with van der Waals surface area (Å²) in [5.74, 6) is -1.82. The monoisotopic (exact) mass is 271 g/mol. The highest BCUT2D eigenvalue weighted by atomic mass is 16.5. The molecule has 5 heteroatoms. The summed E-state index contributed by atoms with van der Waals surface area (Å²) in [5.41, 5.74) is 0.169. The van der Waals surface area contributed by atoms with E-state index in [2.05, 4.69) is 32.6 Å². The summed E-state index contributed by atoms with van der Waals surface area (Å²) in [6, 6.07) is 0. The van der Waals surface area contributed by atoms with Gasteiger partial charge in [-0.05, 0) is 47.0 Å². The number of rotatable bonds is 5. The van der Waals surface area contributed by atoms with Gasteiger partial charge in [0.1, 0.15) is 13.0 Å². The molecule has 0 saturated carbocycles. The number of aliphatic carboxylic acids is 1. The van der Waals surface area contributed by atoms with Crippen LogP contribution in [0.1, 0.15) is 53.4 Å². The summed E-state index contributed by atoms with van der Waals surface area (Å²) in [6.07, 6.45) is 2.89. The normalized spacial score (nSPS) is 21.9. The SMILES string of the molecule is CC1(C)CCCC(C)(C)N1CCOC(=O)CC(=O)O. The molecule has 0 unspecified atom stereocenters. The molecule has 1 fully saturated rings. The fourth-order valence-electron chi connectivity index (χ4n) is 3.07. The standard InChI is InChI=1S/C14H25NO4/c1-13(2)6-5-7-14(3,4)15(13)8-9-19-12(18)10-11(16)17/h5-10H2,1-4H3,(H,16,17). The lowest BCUT2D eigenvalue weighted by molar-refractivity contribution is -0.152. The Morgan fingerprint density at radius 1 is 1.16 bits per heavy atom. The Kier molecular flexibility index (Phi) is 4.96. The molecule has 1 rings (SSSR count). The van der Waals surface area contributed by atoms with E-state index in [4.69, 9.17) is 9.84 Å². The van der Waals surface area contributed by atoms with E-state index in [1.54, 1.807) is 0 Å². The van der Waals surface area contributed by atoms with Crippen molar-refractivity contribution in [3.8, 4) is 0 Å². The Balaban J connectivity index is 2.49. The number of nitrogens with zero attached hydrogens (tertiary/aromatic N) is 1. The molecule has 0 atom stereocenters. The van der Waals surface area contributed by atoms with Gasteiger partial charge in [0.2, 0.25) is 0 Å². The number of likely N-dealkylation sites (tertiary alicyclic amines) is 1. The van der Waals surface area contributed by atoms with E-state index >= 15 is 0 Å². The quantitative estimate of drug-likeness (QED) is 0.612. The number of ether oxygens (including phenoxy) is 1. The summed E-state index contributed by atoms with van der Waals surface area (Å²) in [7, 11) is 0. The van der Waals surface area contributed by atoms with Gasteiger partial charge in [-0.3, -0.25) is 14.5 Å². The fourth-order valence-corrected chi connectivity index (χ4v) is 3.07. The third-order valence-electron chi connectivity index (χ3n) is 3.91. The average Bonchev–Trinajstić information content (AvgIpc) is 2.20. The molecule has 0 aromatic rings. The second-order valence-electron chi connectivity index (χ2n) is 6.42. The predicted octanol–water partition coefficient (Wildman–Crippen LogP) is 2.05. The summed E-state index contributed by atoms with van der Waals surface area (Å²) >= 11 is 0. The van der Waals surface area contributed by atoms with Crippen LogP contribution in [0, 0.1) is 0 Å². The minimum atomic E-state index is -1.15. The number of carbonyl (C=O) groups excluding carboxylic acids is 1. The zero-order valence-corrected chi connectivity index (χ0v) is 12.4. The van der Waals surface area contributed by atoms with Crippen molar-refractivity contribution in [1.82, 2.24) is 4.90 Å². The maximum absolute atomic E-state index is 11.2. The van der Waals surface area contributed by atoms with Crippen LogP contribution in [-0.2, 0) is 14.3 Å². The summed E-state index contributed by atoms with van der Waals surface area (Å²) in [6.45, 7) is 9.70. The molecule has 0 aromatic carbocycles. The third-order valence-corrected chi connectivity index (χ3v) is 3.91. The van der Waals surface area contributed by atoms with E-state index in [1.165, 1.54) is 6.42 Å². The van der Waals surface area contributed by atoms with E-state index < -0.39 is 18.4 Å². The zero-order chi connectivity index (χ0) is 14.7. The first-order chi connectivity index (χ1) is 8.65. The molecule has 1 N–H and O–H groups in total. The second-order valence-corrected chi connectivity index (χ2v) is 6.42. The molecule has 0 radical (unpaired) electrons. The number of hydrogen-bond acceptors (Lipinski definition) is 4. The Bertz CT molecular complexity index is 333. The smallest absolute Gasteiger partial charge is 0.317 e. The number of carboxylic acids is 1. The van der Waals surface area contributed by atoms with Gasteiger partial charge in [-0.1, -0.05) is 0 Å². The van der Waals surface area contributed by atoms with Crippen molar-refractivity contribution in [2.24, 2.45) is 0 Å². The topological polar surface area (TPSA) is 66.8 Å². The highest BCUT2D eigenvalue weighted by Gasteiger charge is 2.40. The zero-order valence-electron chi connectivity index (χ0n) is 12.4. The fraction of sp³-hybridized carbons (Fsp3) is 0.857. The van der Waals surface area contributed by atoms with E-state index in [-0.39, 0.29) is 17.7 Å². The Morgan fingerprint density at radius 3 is 2.16 bits per heavy atom. The molecule has 0 amide bonds. The number of carboxylic acid groups (broad SMARTS) is 1. The maximum Gasteiger partial charge on any atom is 0.317 e. The van der Waals surface area contributed by atoms with Crippen molar-refractivity contribution >= 4 is 11.9 Å². The Labute approximate surface area is 114 Å². The number of hydrogen-bond donors (Lipinski definition) is 1. The van der Waals surface area contributed by atoms with Crippen molar-refractivity contribution < 1.29 is 19.4 Å². The molecule has 1 saturated heterocycles. The van der Waals surface area contributed by atoms with E-state index in [1.807, 2.05) is 0 Å². The van der Waals surface area contributed by atoms with Crippen molar-refractivity contribution in [2.75, 3.05) is 13.2 Å². The molecule has 1 aliphatic heterocycles. The molecular weight excluding hydrogens is 246 g/mol. The lowest BCUT2D eigenvalue weighted by atomic mass is 9.80. The van der Waals surface area contributed by atoms with Gasteiger partial charge in [-0.15, -0.1) is 0 Å². The van der Waals surface area contributed by atoms with Gasteiger partial charge < -0.3 is 9.84 Å². The van der Waals surface area contributed by atoms with Crippen LogP contribution in [-0.4, -0.2) is 46.2 Å². The lowest BCUT2D eigenvalue weighted by Gasteiger charge is -2.52. The molecule has 1 heterocycles. The number of piperidine rings is 1. The summed E-state index contributed by atoms with van der Waals surface area (Å²) in [4.78, 5) is 23.9. The molecule has 0 bridgehead atoms. The van der Waals surface area contributed by atoms with Gasteiger partial charge in [0, 0.05) is 17.6 Å². The van der Waals surface area contributed by atoms with Crippen LogP contribution in [0.15, 0.2) is 0 Å². The van der Waals surface area contributed by atoms with Crippen LogP contribution < -0.4 is 0 Å². The predicted molar refractivity (Wildman–Crippen MR) is 71.9 cm³/mol. The Hall–Kier alpha value is -1.10. The molecule has 5 nitrogen and oxygen atoms in total. The number of esters is 1. The van der Waals surface area contributed by atoms with Crippen LogP contribution >= 0.6 is 0 Å². The third kappa shape index (κ3) is 4.49. The van der Waals surface area contributed by atoms with Crippen LogP contribution in [0.4, 0.5) is 0 Å². The number of carbonyl (C=O) groups is 2. The molecule has 0 spiro atoms. The van der Waals surface area contributed by atoms with Crippen LogP contribution in [0.2, 0.25) is 0 Å². The maximum atomic E-state index is 11.2. The summed E-state index contributed by atoms with van der Waals surface area (Å²) in [5, 5.41) is 8.49. The van der Waals surface area contributed by atoms with E-state index in [0.29, 0.717) is 6.54 Å². The molecule has 1 aliphatic rings. The van der Waals surface area contributed by atoms with Crippen molar-refractivity contribution in [3.05, 3.63) is 0 Å². The molecule has 19 heavy (non-hydrogen) atoms. The van der Waals surface area contributed by atoms with Crippen LogP contribution in [0.3, 0.4) is 0 Å². The van der Waals surface area contributed by atoms with Crippen LogP contribution in [0.25, 0.3) is 0 Å². The van der Waals surface area contributed by atoms with Crippen molar-refractivity contribution in [3.63, 3.8) is 0 Å². The van der Waals surface area contributed by atoms with Gasteiger partial charge in [0.25, 0.3) is 0 Å². The molecular formula is C14H25NO4. The highest BCUT2D eigenvalue weighted by molar-refractivity contribution is 5.90.